The molecule has 2 heterocycles. The van der Waals surface area contributed by atoms with Gasteiger partial charge in [0.15, 0.2) is 6.29 Å². The Labute approximate surface area is 231 Å². The van der Waals surface area contributed by atoms with E-state index in [1.807, 2.05) is 30.5 Å². The minimum absolute atomic E-state index is 0.124. The van der Waals surface area contributed by atoms with Crippen LogP contribution in [-0.2, 0) is 15.9 Å². The SMILES string of the molecule is CCCCCCCCCC[C@H]1CO[C@H](c2ccc(-c3ccc(CCCCCCCCC)c(F)c3)nc2)OC1. The fraction of sp³-hybridized carbons (Fsp3) is 0.676. The van der Waals surface area contributed by atoms with Crippen molar-refractivity contribution in [3.05, 3.63) is 53.5 Å². The summed E-state index contributed by atoms with van der Waals surface area (Å²) < 4.78 is 26.8. The largest absolute Gasteiger partial charge is 0.348 e. The molecule has 1 fully saturated rings. The molecule has 0 aliphatic carbocycles. The van der Waals surface area contributed by atoms with Gasteiger partial charge in [-0.2, -0.15) is 0 Å². The van der Waals surface area contributed by atoms with Crippen LogP contribution < -0.4 is 0 Å². The minimum atomic E-state index is -0.354. The number of hydrogen-bond donors (Lipinski definition) is 0. The topological polar surface area (TPSA) is 31.4 Å². The summed E-state index contributed by atoms with van der Waals surface area (Å²) in [6.07, 6.45) is 22.9. The number of aromatic nitrogens is 1. The summed E-state index contributed by atoms with van der Waals surface area (Å²) >= 11 is 0. The van der Waals surface area contributed by atoms with Gasteiger partial charge in [-0.15, -0.1) is 0 Å². The van der Waals surface area contributed by atoms with E-state index < -0.39 is 0 Å². The van der Waals surface area contributed by atoms with Crippen LogP contribution in [0.25, 0.3) is 11.3 Å². The van der Waals surface area contributed by atoms with Crippen LogP contribution in [0.5, 0.6) is 0 Å². The van der Waals surface area contributed by atoms with Gasteiger partial charge in [-0.25, -0.2) is 4.39 Å². The van der Waals surface area contributed by atoms with Gasteiger partial charge in [0.25, 0.3) is 0 Å². The van der Waals surface area contributed by atoms with Crippen molar-refractivity contribution in [3.63, 3.8) is 0 Å². The molecule has 4 heteroatoms. The van der Waals surface area contributed by atoms with Crippen molar-refractivity contribution in [1.29, 1.82) is 0 Å². The van der Waals surface area contributed by atoms with E-state index in [4.69, 9.17) is 9.47 Å². The van der Waals surface area contributed by atoms with Gasteiger partial charge in [0.1, 0.15) is 5.82 Å². The number of pyridine rings is 1. The van der Waals surface area contributed by atoms with Crippen LogP contribution >= 0.6 is 0 Å². The first-order valence-corrected chi connectivity index (χ1v) is 15.7. The van der Waals surface area contributed by atoms with Crippen LogP contribution in [0, 0.1) is 11.7 Å². The van der Waals surface area contributed by atoms with Crippen molar-refractivity contribution < 1.29 is 13.9 Å². The molecular formula is C34H52FNO2. The van der Waals surface area contributed by atoms with Crippen LogP contribution in [0.2, 0.25) is 0 Å². The van der Waals surface area contributed by atoms with Crippen LogP contribution in [0.1, 0.15) is 134 Å². The van der Waals surface area contributed by atoms with Crippen molar-refractivity contribution in [1.82, 2.24) is 4.98 Å². The van der Waals surface area contributed by atoms with Crippen molar-refractivity contribution >= 4 is 0 Å². The molecule has 3 rings (SSSR count). The van der Waals surface area contributed by atoms with Gasteiger partial charge in [-0.3, -0.25) is 4.98 Å². The zero-order valence-corrected chi connectivity index (χ0v) is 24.2. The molecule has 1 aliphatic heterocycles. The molecule has 0 amide bonds. The molecule has 0 radical (unpaired) electrons. The zero-order chi connectivity index (χ0) is 26.8. The molecule has 38 heavy (non-hydrogen) atoms. The smallest absolute Gasteiger partial charge is 0.185 e. The molecule has 1 aliphatic rings. The van der Waals surface area contributed by atoms with Gasteiger partial charge in [0.05, 0.1) is 18.9 Å². The lowest BCUT2D eigenvalue weighted by molar-refractivity contribution is -0.206. The Morgan fingerprint density at radius 2 is 1.34 bits per heavy atom. The van der Waals surface area contributed by atoms with E-state index in [1.54, 1.807) is 6.07 Å². The Morgan fingerprint density at radius 3 is 1.92 bits per heavy atom. The summed E-state index contributed by atoms with van der Waals surface area (Å²) in [6.45, 7) is 6.00. The second-order valence-electron chi connectivity index (χ2n) is 11.3. The summed E-state index contributed by atoms with van der Waals surface area (Å²) in [4.78, 5) is 4.59. The molecule has 1 saturated heterocycles. The van der Waals surface area contributed by atoms with Gasteiger partial charge in [0, 0.05) is 23.2 Å². The zero-order valence-electron chi connectivity index (χ0n) is 24.2. The normalized spacial score (nSPS) is 17.7. The molecule has 0 bridgehead atoms. The highest BCUT2D eigenvalue weighted by Gasteiger charge is 2.23. The Kier molecular flexibility index (Phi) is 15.0. The molecule has 2 aromatic rings. The first-order valence-electron chi connectivity index (χ1n) is 15.7. The molecule has 0 unspecified atom stereocenters. The van der Waals surface area contributed by atoms with E-state index in [1.165, 1.54) is 96.3 Å². The Hall–Kier alpha value is -1.78. The van der Waals surface area contributed by atoms with Gasteiger partial charge < -0.3 is 9.47 Å². The Bertz CT molecular complexity index is 877. The van der Waals surface area contributed by atoms with Crippen LogP contribution in [0.3, 0.4) is 0 Å². The number of rotatable bonds is 19. The maximum atomic E-state index is 14.7. The van der Waals surface area contributed by atoms with Crippen molar-refractivity contribution in [2.24, 2.45) is 5.92 Å². The number of aryl methyl sites for hydroxylation is 1. The van der Waals surface area contributed by atoms with E-state index in [0.29, 0.717) is 5.92 Å². The van der Waals surface area contributed by atoms with Gasteiger partial charge in [0.2, 0.25) is 0 Å². The highest BCUT2D eigenvalue weighted by atomic mass is 19.1. The third kappa shape index (κ3) is 11.1. The molecule has 0 spiro atoms. The average Bonchev–Trinajstić information content (AvgIpc) is 2.95. The van der Waals surface area contributed by atoms with Crippen LogP contribution in [0.4, 0.5) is 4.39 Å². The van der Waals surface area contributed by atoms with E-state index in [2.05, 4.69) is 18.8 Å². The highest BCUT2D eigenvalue weighted by Crippen LogP contribution is 2.29. The van der Waals surface area contributed by atoms with E-state index in [0.717, 1.165) is 48.4 Å². The lowest BCUT2D eigenvalue weighted by Gasteiger charge is -2.29. The number of halogens is 1. The molecule has 0 atom stereocenters. The second kappa shape index (κ2) is 18.5. The van der Waals surface area contributed by atoms with E-state index in [-0.39, 0.29) is 12.1 Å². The highest BCUT2D eigenvalue weighted by molar-refractivity contribution is 5.59. The fourth-order valence-electron chi connectivity index (χ4n) is 5.37. The van der Waals surface area contributed by atoms with Gasteiger partial charge in [-0.05, 0) is 37.0 Å². The number of unbranched alkanes of at least 4 members (excludes halogenated alkanes) is 13. The summed E-state index contributed by atoms with van der Waals surface area (Å²) in [6, 6.07) is 9.49. The molecule has 1 aromatic carbocycles. The van der Waals surface area contributed by atoms with Gasteiger partial charge >= 0.3 is 0 Å². The number of hydrogen-bond acceptors (Lipinski definition) is 3. The summed E-state index contributed by atoms with van der Waals surface area (Å²) in [5.74, 6) is 0.363. The lowest BCUT2D eigenvalue weighted by Crippen LogP contribution is -2.27. The first-order chi connectivity index (χ1) is 18.7. The Balaban J connectivity index is 1.35. The predicted molar refractivity (Wildman–Crippen MR) is 157 cm³/mol. The number of benzene rings is 1. The van der Waals surface area contributed by atoms with Crippen molar-refractivity contribution in [2.45, 2.75) is 129 Å². The van der Waals surface area contributed by atoms with Crippen LogP contribution in [0.15, 0.2) is 36.5 Å². The third-order valence-corrected chi connectivity index (χ3v) is 7.89. The molecule has 0 N–H and O–H groups in total. The second-order valence-corrected chi connectivity index (χ2v) is 11.3. The standard InChI is InChI=1S/C34H52FNO2/c1-3-5-7-9-11-13-14-16-18-28-26-37-34(38-27-28)31-22-23-33(36-25-31)30-21-20-29(32(35)24-30)19-17-15-12-10-8-6-4-2/h20-25,28,34H,3-19,26-27H2,1-2H3/t28-,34-. The van der Waals surface area contributed by atoms with Crippen LogP contribution in [-0.4, -0.2) is 18.2 Å². The number of ether oxygens (including phenoxy) is 2. The summed E-state index contributed by atoms with van der Waals surface area (Å²) in [5.41, 5.74) is 3.33. The molecule has 212 valence electrons. The number of nitrogens with zero attached hydrogens (tertiary/aromatic N) is 1. The molecular weight excluding hydrogens is 473 g/mol. The fourth-order valence-corrected chi connectivity index (χ4v) is 5.37. The lowest BCUT2D eigenvalue weighted by atomic mass is 10.0. The maximum absolute atomic E-state index is 14.7. The Morgan fingerprint density at radius 1 is 0.737 bits per heavy atom. The minimum Gasteiger partial charge on any atom is -0.348 e. The predicted octanol–water partition coefficient (Wildman–Crippen LogP) is 10.4. The van der Waals surface area contributed by atoms with E-state index in [9.17, 15) is 4.39 Å². The monoisotopic (exact) mass is 525 g/mol. The average molecular weight is 526 g/mol. The quantitative estimate of drug-likeness (QED) is 0.171. The third-order valence-electron chi connectivity index (χ3n) is 7.89. The van der Waals surface area contributed by atoms with Crippen molar-refractivity contribution in [2.75, 3.05) is 13.2 Å². The summed E-state index contributed by atoms with van der Waals surface area (Å²) in [5, 5.41) is 0. The van der Waals surface area contributed by atoms with Crippen molar-refractivity contribution in [3.8, 4) is 11.3 Å². The maximum Gasteiger partial charge on any atom is 0.185 e. The molecule has 1 aromatic heterocycles. The van der Waals surface area contributed by atoms with Gasteiger partial charge in [-0.1, -0.05) is 122 Å². The van der Waals surface area contributed by atoms with E-state index >= 15 is 0 Å². The molecule has 3 nitrogen and oxygen atoms in total. The summed E-state index contributed by atoms with van der Waals surface area (Å²) in [7, 11) is 0. The first kappa shape index (κ1) is 30.8. The molecule has 0 saturated carbocycles.